The van der Waals surface area contributed by atoms with Gasteiger partial charge in [0.1, 0.15) is 0 Å². The molecule has 0 bridgehead atoms. The first kappa shape index (κ1) is 3.14. The van der Waals surface area contributed by atoms with E-state index in [4.69, 9.17) is 14.7 Å². The molecule has 0 saturated carbocycles. The van der Waals surface area contributed by atoms with Crippen LogP contribution in [-0.2, 0) is 0 Å². The number of rotatable bonds is 1. The Balaban J connectivity index is 3.27. The van der Waals surface area contributed by atoms with Gasteiger partial charge in [-0.05, 0) is 16.8 Å². The molecule has 13 heavy (non-hydrogen) atoms. The molecule has 1 N–H and O–H groups in total. The summed E-state index contributed by atoms with van der Waals surface area (Å²) < 4.78 is 53.4. The molecule has 0 aromatic heterocycles. The zero-order valence-electron chi connectivity index (χ0n) is 13.4. The summed E-state index contributed by atoms with van der Waals surface area (Å²) in [6.07, 6.45) is 0. The third kappa shape index (κ3) is 1.26. The second-order valence-corrected chi connectivity index (χ2v) is 2.31. The van der Waals surface area contributed by atoms with Gasteiger partial charge in [-0.1, -0.05) is 36.3 Å². The lowest BCUT2D eigenvalue weighted by Gasteiger charge is -2.00. The van der Waals surface area contributed by atoms with Crippen LogP contribution >= 0.6 is 0 Å². The third-order valence-corrected chi connectivity index (χ3v) is 1.53. The first-order valence-electron chi connectivity index (χ1n) is 6.93. The second-order valence-electron chi connectivity index (χ2n) is 2.31. The lowest BCUT2D eigenvalue weighted by atomic mass is 10.1. The van der Waals surface area contributed by atoms with Gasteiger partial charge in [0.05, 0.1) is 15.2 Å². The van der Waals surface area contributed by atoms with Gasteiger partial charge in [0.25, 0.3) is 0 Å². The van der Waals surface area contributed by atoms with Gasteiger partial charge in [0.2, 0.25) is 0 Å². The van der Waals surface area contributed by atoms with Crippen LogP contribution in [0.1, 0.15) is 20.0 Å². The van der Waals surface area contributed by atoms with E-state index in [0.29, 0.717) is 0 Å². The Morgan fingerprint density at radius 1 is 1.15 bits per heavy atom. The van der Waals surface area contributed by atoms with Crippen LogP contribution in [0.5, 0.6) is 0 Å². The molecule has 2 aromatic rings. The van der Waals surface area contributed by atoms with E-state index in [2.05, 4.69) is 0 Å². The fourth-order valence-electron chi connectivity index (χ4n) is 0.973. The average Bonchev–Trinajstić information content (AvgIpc) is 2.39. The zero-order valence-corrected chi connectivity index (χ0v) is 6.36. The van der Waals surface area contributed by atoms with Crippen LogP contribution in [-0.4, -0.2) is 11.1 Å². The number of carboxylic acid groups (broad SMARTS) is 1. The second kappa shape index (κ2) is 2.90. The van der Waals surface area contributed by atoms with Crippen LogP contribution < -0.4 is 0 Å². The van der Waals surface area contributed by atoms with E-state index in [1.165, 1.54) is 0 Å². The van der Waals surface area contributed by atoms with Gasteiger partial charge in [-0.25, -0.2) is 4.79 Å². The molecule has 2 aromatic carbocycles. The molecule has 64 valence electrons. The lowest BCUT2D eigenvalue weighted by Crippen LogP contribution is -1.96. The zero-order chi connectivity index (χ0) is 15.4. The lowest BCUT2D eigenvalue weighted by molar-refractivity contribution is 0.0699. The van der Waals surface area contributed by atoms with E-state index in [9.17, 15) is 4.79 Å². The van der Waals surface area contributed by atoms with Gasteiger partial charge in [0, 0.05) is 0 Å². The quantitative estimate of drug-likeness (QED) is 0.730. The highest BCUT2D eigenvalue weighted by Crippen LogP contribution is 2.17. The Kier molecular flexibility index (Phi) is 0.701. The molecule has 0 aliphatic rings. The van der Waals surface area contributed by atoms with E-state index in [0.717, 1.165) is 0 Å². The standard InChI is InChI=1S/C11H8O2/c12-11(13)10-7-3-5-8-4-1-2-6-9(8)10/h1-7H,(H,12,13)/i1D,2D,3D,4D,5D,6D,7D. The largest absolute Gasteiger partial charge is 0.478 e. The smallest absolute Gasteiger partial charge is 0.336 e. The number of fused-ring (bicyclic) bond motifs is 1. The Morgan fingerprint density at radius 3 is 2.62 bits per heavy atom. The minimum absolute atomic E-state index is 0.352. The number of carboxylic acids is 1. The van der Waals surface area contributed by atoms with Crippen molar-refractivity contribution in [3.8, 4) is 0 Å². The summed E-state index contributed by atoms with van der Waals surface area (Å²) in [5.41, 5.74) is -0.687. The summed E-state index contributed by atoms with van der Waals surface area (Å²) in [7, 11) is 0. The maximum Gasteiger partial charge on any atom is 0.336 e. The van der Waals surface area contributed by atoms with Crippen molar-refractivity contribution >= 4 is 16.7 Å². The summed E-state index contributed by atoms with van der Waals surface area (Å²) in [5.74, 6) is -1.57. The molecule has 0 heterocycles. The molecular weight excluding hydrogens is 164 g/mol. The fraction of sp³-hybridized carbons (Fsp3) is 0. The van der Waals surface area contributed by atoms with Crippen molar-refractivity contribution in [3.63, 3.8) is 0 Å². The normalized spacial score (nSPS) is 17.7. The van der Waals surface area contributed by atoms with Gasteiger partial charge < -0.3 is 5.11 Å². The topological polar surface area (TPSA) is 37.3 Å². The summed E-state index contributed by atoms with van der Waals surface area (Å²) in [6.45, 7) is 0. The molecule has 0 unspecified atom stereocenters. The molecule has 2 heteroatoms. The maximum atomic E-state index is 11.2. The average molecular weight is 179 g/mol. The minimum Gasteiger partial charge on any atom is -0.478 e. The van der Waals surface area contributed by atoms with E-state index < -0.39 is 59.2 Å². The van der Waals surface area contributed by atoms with Crippen LogP contribution in [0.25, 0.3) is 10.8 Å². The predicted octanol–water partition coefficient (Wildman–Crippen LogP) is 2.54. The Bertz CT molecular complexity index is 762. The highest BCUT2D eigenvalue weighted by molar-refractivity contribution is 6.03. The summed E-state index contributed by atoms with van der Waals surface area (Å²) in [6, 6.07) is -4.45. The number of hydrogen-bond donors (Lipinski definition) is 1. The third-order valence-electron chi connectivity index (χ3n) is 1.53. The van der Waals surface area contributed by atoms with Crippen LogP contribution in [0.2, 0.25) is 0 Å². The Morgan fingerprint density at radius 2 is 1.85 bits per heavy atom. The molecule has 0 saturated heterocycles. The van der Waals surface area contributed by atoms with Crippen molar-refractivity contribution in [3.05, 3.63) is 47.9 Å². The Labute approximate surface area is 85.3 Å². The van der Waals surface area contributed by atoms with Gasteiger partial charge in [0.15, 0.2) is 0 Å². The molecule has 0 amide bonds. The number of carbonyl (C=O) groups is 1. The van der Waals surface area contributed by atoms with Crippen LogP contribution in [0.15, 0.2) is 42.3 Å². The SMILES string of the molecule is [2H]c1c([2H])c([2H])c2c(C(=O)O)c([2H])c([2H])c([2H])c2c1[2H]. The summed E-state index contributed by atoms with van der Waals surface area (Å²) in [4.78, 5) is 11.2. The summed E-state index contributed by atoms with van der Waals surface area (Å²) >= 11 is 0. The highest BCUT2D eigenvalue weighted by Gasteiger charge is 2.05. The van der Waals surface area contributed by atoms with Crippen molar-refractivity contribution in [2.24, 2.45) is 0 Å². The number of hydrogen-bond acceptors (Lipinski definition) is 1. The minimum atomic E-state index is -1.57. The van der Waals surface area contributed by atoms with E-state index in [-0.39, 0.29) is 5.39 Å². The van der Waals surface area contributed by atoms with Crippen LogP contribution in [0, 0.1) is 0 Å². The number of aromatic carboxylic acids is 1. The van der Waals surface area contributed by atoms with E-state index in [1.54, 1.807) is 0 Å². The first-order valence-corrected chi connectivity index (χ1v) is 3.43. The molecular formula is C11H8O2. The molecule has 0 spiro atoms. The van der Waals surface area contributed by atoms with Gasteiger partial charge in [-0.15, -0.1) is 0 Å². The van der Waals surface area contributed by atoms with Crippen molar-refractivity contribution in [1.82, 2.24) is 0 Å². The van der Waals surface area contributed by atoms with E-state index in [1.807, 2.05) is 0 Å². The molecule has 0 aliphatic carbocycles. The monoisotopic (exact) mass is 179 g/mol. The van der Waals surface area contributed by atoms with Crippen molar-refractivity contribution in [2.75, 3.05) is 0 Å². The number of benzene rings is 2. The fourth-order valence-corrected chi connectivity index (χ4v) is 0.973. The molecule has 0 aliphatic heterocycles. The van der Waals surface area contributed by atoms with Crippen LogP contribution in [0.3, 0.4) is 0 Å². The van der Waals surface area contributed by atoms with Crippen LogP contribution in [0.4, 0.5) is 0 Å². The summed E-state index contributed by atoms with van der Waals surface area (Å²) in [5, 5.41) is 8.38. The van der Waals surface area contributed by atoms with Crippen molar-refractivity contribution in [1.29, 1.82) is 0 Å². The Hall–Kier alpha value is -1.83. The van der Waals surface area contributed by atoms with Gasteiger partial charge >= 0.3 is 5.97 Å². The molecule has 2 rings (SSSR count). The molecule has 0 fully saturated rings. The molecule has 2 nitrogen and oxygen atoms in total. The molecule has 0 radical (unpaired) electrons. The van der Waals surface area contributed by atoms with Crippen molar-refractivity contribution < 1.29 is 19.5 Å². The van der Waals surface area contributed by atoms with Gasteiger partial charge in [-0.3, -0.25) is 0 Å². The van der Waals surface area contributed by atoms with Crippen molar-refractivity contribution in [2.45, 2.75) is 0 Å². The molecule has 0 atom stereocenters. The predicted molar refractivity (Wildman–Crippen MR) is 50.9 cm³/mol. The first-order chi connectivity index (χ1) is 9.20. The van der Waals surface area contributed by atoms with Gasteiger partial charge in [-0.2, -0.15) is 0 Å². The maximum absolute atomic E-state index is 11.2. The van der Waals surface area contributed by atoms with E-state index >= 15 is 0 Å². The highest BCUT2D eigenvalue weighted by atomic mass is 16.4.